The predicted octanol–water partition coefficient (Wildman–Crippen LogP) is 2.01. The molecule has 1 unspecified atom stereocenters. The predicted molar refractivity (Wildman–Crippen MR) is 97.2 cm³/mol. The molecule has 0 aromatic heterocycles. The zero-order valence-corrected chi connectivity index (χ0v) is 14.4. The van der Waals surface area contributed by atoms with Gasteiger partial charge in [-0.15, -0.1) is 0 Å². The average Bonchev–Trinajstić information content (AvgIpc) is 2.62. The Bertz CT molecular complexity index is 712. The number of nitrogens with one attached hydrogen (secondary N) is 2. The molecule has 1 atom stereocenters. The molecule has 0 bridgehead atoms. The summed E-state index contributed by atoms with van der Waals surface area (Å²) in [5, 5.41) is 5.44. The Balaban J connectivity index is 1.96. The highest BCUT2D eigenvalue weighted by Gasteiger charge is 2.30. The molecule has 0 saturated heterocycles. The van der Waals surface area contributed by atoms with Crippen LogP contribution < -0.4 is 21.1 Å². The summed E-state index contributed by atoms with van der Waals surface area (Å²) < 4.78 is 5.37. The highest BCUT2D eigenvalue weighted by molar-refractivity contribution is 5.98. The fraction of sp³-hybridized carbons (Fsp3) is 0.263. The minimum absolute atomic E-state index is 0.0472. The van der Waals surface area contributed by atoms with Crippen LogP contribution in [0.25, 0.3) is 0 Å². The smallest absolute Gasteiger partial charge is 0.257 e. The largest absolute Gasteiger partial charge is 0.484 e. The van der Waals surface area contributed by atoms with Crippen LogP contribution in [-0.4, -0.2) is 25.0 Å². The van der Waals surface area contributed by atoms with Crippen LogP contribution >= 0.6 is 0 Å². The molecule has 132 valence electrons. The summed E-state index contributed by atoms with van der Waals surface area (Å²) in [6.45, 7) is 4.03. The number of amides is 2. The number of carbonyl (C=O) groups excluding carboxylic acids is 2. The van der Waals surface area contributed by atoms with Crippen molar-refractivity contribution in [1.29, 1.82) is 0 Å². The molecule has 6 nitrogen and oxygen atoms in total. The molecule has 0 aliphatic rings. The molecule has 0 heterocycles. The highest BCUT2D eigenvalue weighted by atomic mass is 16.5. The van der Waals surface area contributed by atoms with E-state index in [9.17, 15) is 9.59 Å². The fourth-order valence-corrected chi connectivity index (χ4v) is 2.21. The second-order valence-corrected chi connectivity index (χ2v) is 5.79. The average molecular weight is 341 g/mol. The van der Waals surface area contributed by atoms with Crippen molar-refractivity contribution < 1.29 is 14.3 Å². The topological polar surface area (TPSA) is 93.5 Å². The Kier molecular flexibility index (Phi) is 6.14. The van der Waals surface area contributed by atoms with Crippen LogP contribution in [0.2, 0.25) is 0 Å². The van der Waals surface area contributed by atoms with Gasteiger partial charge in [-0.2, -0.15) is 0 Å². The molecule has 2 amide bonds. The van der Waals surface area contributed by atoms with E-state index in [4.69, 9.17) is 10.5 Å². The molecule has 0 radical (unpaired) electrons. The Morgan fingerprint density at radius 2 is 1.72 bits per heavy atom. The summed E-state index contributed by atoms with van der Waals surface area (Å²) in [6, 6.07) is 16.0. The number of likely N-dealkylation sites (N-methyl/N-ethyl adjacent to an activating group) is 1. The van der Waals surface area contributed by atoms with E-state index in [2.05, 4.69) is 10.6 Å². The zero-order chi connectivity index (χ0) is 18.3. The van der Waals surface area contributed by atoms with E-state index in [0.717, 1.165) is 5.56 Å². The summed E-state index contributed by atoms with van der Waals surface area (Å²) in [6.07, 6.45) is 0. The van der Waals surface area contributed by atoms with Crippen LogP contribution in [0.3, 0.4) is 0 Å². The lowest BCUT2D eigenvalue weighted by Crippen LogP contribution is -2.45. The first-order valence-electron chi connectivity index (χ1n) is 8.09. The fourth-order valence-electron chi connectivity index (χ4n) is 2.21. The van der Waals surface area contributed by atoms with Crippen molar-refractivity contribution in [2.24, 2.45) is 5.73 Å². The van der Waals surface area contributed by atoms with Crippen LogP contribution in [-0.2, 0) is 15.1 Å². The van der Waals surface area contributed by atoms with Gasteiger partial charge in [-0.3, -0.25) is 9.59 Å². The lowest BCUT2D eigenvalue weighted by molar-refractivity contribution is -0.123. The molecule has 0 aliphatic heterocycles. The first kappa shape index (κ1) is 18.5. The number of rotatable bonds is 7. The maximum atomic E-state index is 12.5. The van der Waals surface area contributed by atoms with Crippen molar-refractivity contribution >= 4 is 17.5 Å². The van der Waals surface area contributed by atoms with Crippen molar-refractivity contribution in [3.8, 4) is 5.75 Å². The van der Waals surface area contributed by atoms with E-state index in [-0.39, 0.29) is 18.4 Å². The standard InChI is InChI=1S/C19H23N3O3/c1-3-21-17(23)13-25-16-11-9-15(10-12-16)22-18(24)19(2,20)14-7-5-4-6-8-14/h4-12H,3,13,20H2,1-2H3,(H,21,23)(H,22,24). The maximum Gasteiger partial charge on any atom is 0.257 e. The molecule has 0 saturated carbocycles. The number of ether oxygens (including phenoxy) is 1. The molecule has 0 fully saturated rings. The molecule has 6 heteroatoms. The lowest BCUT2D eigenvalue weighted by atomic mass is 9.92. The van der Waals surface area contributed by atoms with Crippen molar-refractivity contribution in [2.45, 2.75) is 19.4 Å². The number of nitrogens with two attached hydrogens (primary N) is 1. The van der Waals surface area contributed by atoms with Gasteiger partial charge in [0.15, 0.2) is 6.61 Å². The number of carbonyl (C=O) groups is 2. The van der Waals surface area contributed by atoms with Crippen LogP contribution in [0, 0.1) is 0 Å². The van der Waals surface area contributed by atoms with E-state index in [0.29, 0.717) is 18.0 Å². The molecule has 0 aliphatic carbocycles. The van der Waals surface area contributed by atoms with Gasteiger partial charge in [-0.05, 0) is 43.7 Å². The van der Waals surface area contributed by atoms with Gasteiger partial charge in [0.05, 0.1) is 0 Å². The third-order valence-electron chi connectivity index (χ3n) is 3.70. The zero-order valence-electron chi connectivity index (χ0n) is 14.4. The second-order valence-electron chi connectivity index (χ2n) is 5.79. The molecule has 4 N–H and O–H groups in total. The lowest BCUT2D eigenvalue weighted by Gasteiger charge is -2.24. The summed E-state index contributed by atoms with van der Waals surface area (Å²) in [5.41, 5.74) is 6.37. The van der Waals surface area contributed by atoms with Crippen LogP contribution in [0.1, 0.15) is 19.4 Å². The van der Waals surface area contributed by atoms with Gasteiger partial charge in [-0.1, -0.05) is 30.3 Å². The van der Waals surface area contributed by atoms with Gasteiger partial charge in [-0.25, -0.2) is 0 Å². The third kappa shape index (κ3) is 5.06. The van der Waals surface area contributed by atoms with Gasteiger partial charge in [0.25, 0.3) is 5.91 Å². The van der Waals surface area contributed by atoms with E-state index in [1.165, 1.54) is 0 Å². The number of hydrogen-bond donors (Lipinski definition) is 3. The molecular formula is C19H23N3O3. The molecular weight excluding hydrogens is 318 g/mol. The van der Waals surface area contributed by atoms with E-state index in [1.54, 1.807) is 31.2 Å². The maximum absolute atomic E-state index is 12.5. The Hall–Kier alpha value is -2.86. The highest BCUT2D eigenvalue weighted by Crippen LogP contribution is 2.21. The first-order chi connectivity index (χ1) is 11.9. The van der Waals surface area contributed by atoms with E-state index < -0.39 is 5.54 Å². The third-order valence-corrected chi connectivity index (χ3v) is 3.70. The summed E-state index contributed by atoms with van der Waals surface area (Å²) in [5.74, 6) is 0.0548. The molecule has 0 spiro atoms. The number of anilines is 1. The quantitative estimate of drug-likeness (QED) is 0.718. The monoisotopic (exact) mass is 341 g/mol. The van der Waals surface area contributed by atoms with Crippen molar-refractivity contribution in [1.82, 2.24) is 5.32 Å². The number of benzene rings is 2. The van der Waals surface area contributed by atoms with Gasteiger partial charge in [0.2, 0.25) is 5.91 Å². The van der Waals surface area contributed by atoms with Gasteiger partial charge in [0, 0.05) is 12.2 Å². The van der Waals surface area contributed by atoms with Crippen molar-refractivity contribution in [3.05, 3.63) is 60.2 Å². The van der Waals surface area contributed by atoms with Gasteiger partial charge >= 0.3 is 0 Å². The Morgan fingerprint density at radius 1 is 1.08 bits per heavy atom. The van der Waals surface area contributed by atoms with E-state index in [1.807, 2.05) is 37.3 Å². The molecule has 25 heavy (non-hydrogen) atoms. The first-order valence-corrected chi connectivity index (χ1v) is 8.09. The SMILES string of the molecule is CCNC(=O)COc1ccc(NC(=O)C(C)(N)c2ccccc2)cc1. The number of hydrogen-bond acceptors (Lipinski definition) is 4. The Labute approximate surface area is 147 Å². The van der Waals surface area contributed by atoms with Crippen molar-refractivity contribution in [3.63, 3.8) is 0 Å². The summed E-state index contributed by atoms with van der Waals surface area (Å²) in [7, 11) is 0. The minimum atomic E-state index is -1.14. The normalized spacial score (nSPS) is 12.8. The van der Waals surface area contributed by atoms with Gasteiger partial charge in [0.1, 0.15) is 11.3 Å². The minimum Gasteiger partial charge on any atom is -0.484 e. The summed E-state index contributed by atoms with van der Waals surface area (Å²) in [4.78, 5) is 23.9. The van der Waals surface area contributed by atoms with Crippen LogP contribution in [0.4, 0.5) is 5.69 Å². The second kappa shape index (κ2) is 8.30. The van der Waals surface area contributed by atoms with Crippen LogP contribution in [0.15, 0.2) is 54.6 Å². The Morgan fingerprint density at radius 3 is 2.32 bits per heavy atom. The van der Waals surface area contributed by atoms with Gasteiger partial charge < -0.3 is 21.1 Å². The summed E-state index contributed by atoms with van der Waals surface area (Å²) >= 11 is 0. The molecule has 2 rings (SSSR count). The van der Waals surface area contributed by atoms with Crippen molar-refractivity contribution in [2.75, 3.05) is 18.5 Å². The molecule has 2 aromatic carbocycles. The van der Waals surface area contributed by atoms with Crippen LogP contribution in [0.5, 0.6) is 5.75 Å². The molecule has 2 aromatic rings. The van der Waals surface area contributed by atoms with E-state index >= 15 is 0 Å².